The van der Waals surface area contributed by atoms with E-state index in [0.717, 1.165) is 46.9 Å². The average molecular weight is 596 g/mol. The maximum atomic E-state index is 12.9. The molecular formula is C28H27BrN4O2S2. The highest BCUT2D eigenvalue weighted by atomic mass is 79.9. The maximum Gasteiger partial charge on any atom is 0.243 e. The highest BCUT2D eigenvalue weighted by Gasteiger charge is 2.32. The van der Waals surface area contributed by atoms with Crippen molar-refractivity contribution in [2.45, 2.75) is 30.2 Å². The predicted octanol–water partition coefficient (Wildman–Crippen LogP) is 6.53. The fraction of sp³-hybridized carbons (Fsp3) is 0.214. The number of halogens is 1. The number of nitrogens with zero attached hydrogens (tertiary/aromatic N) is 4. The molecule has 1 fully saturated rings. The number of aromatic nitrogens is 1. The van der Waals surface area contributed by atoms with E-state index in [1.807, 2.05) is 46.8 Å². The molecule has 0 radical (unpaired) electrons. The van der Waals surface area contributed by atoms with Crippen molar-refractivity contribution in [3.8, 4) is 11.3 Å². The number of anilines is 1. The Hall–Kier alpha value is -2.85. The summed E-state index contributed by atoms with van der Waals surface area (Å²) in [6.07, 6.45) is 2.65. The summed E-state index contributed by atoms with van der Waals surface area (Å²) in [4.78, 5) is 5.25. The molecule has 0 spiro atoms. The average Bonchev–Trinajstić information content (AvgIpc) is 3.71. The molecule has 1 atom stereocenters. The molecule has 6 rings (SSSR count). The normalized spacial score (nSPS) is 18.0. The quantitative estimate of drug-likeness (QED) is 0.254. The largest absolute Gasteiger partial charge is 0.243 e. The minimum absolute atomic E-state index is 0. The lowest BCUT2D eigenvalue weighted by molar-refractivity contribution is 0.477. The van der Waals surface area contributed by atoms with Crippen LogP contribution in [0.2, 0.25) is 0 Å². The summed E-state index contributed by atoms with van der Waals surface area (Å²) in [5.74, 6) is 0. The van der Waals surface area contributed by atoms with Crippen LogP contribution in [0.4, 0.5) is 5.13 Å². The summed E-state index contributed by atoms with van der Waals surface area (Å²) in [6.45, 7) is 1.20. The van der Waals surface area contributed by atoms with Gasteiger partial charge in [-0.2, -0.15) is 9.41 Å². The summed E-state index contributed by atoms with van der Waals surface area (Å²) in [7, 11) is -3.43. The van der Waals surface area contributed by atoms with Crippen molar-refractivity contribution in [3.63, 3.8) is 0 Å². The standard InChI is InChI=1S/C28H26N4O2S2.BrH/c33-36(34,31-17-7-8-18-31)24-15-13-22(14-16-24)26-20-35-28(29-26)32-27(23-11-5-2-6-12-23)19-25(30-32)21-9-3-1-4-10-21;/h1-6,9-16,20,27H,7-8,17-19H2;1H. The highest BCUT2D eigenvalue weighted by Crippen LogP contribution is 2.39. The first-order chi connectivity index (χ1) is 17.6. The molecule has 6 nitrogen and oxygen atoms in total. The van der Waals surface area contributed by atoms with Crippen molar-refractivity contribution in [1.29, 1.82) is 0 Å². The zero-order valence-electron chi connectivity index (χ0n) is 20.1. The van der Waals surface area contributed by atoms with E-state index in [1.165, 1.54) is 5.56 Å². The van der Waals surface area contributed by atoms with Crippen molar-refractivity contribution >= 4 is 49.2 Å². The van der Waals surface area contributed by atoms with Crippen LogP contribution in [0.1, 0.15) is 36.4 Å². The molecule has 0 N–H and O–H groups in total. The summed E-state index contributed by atoms with van der Waals surface area (Å²) in [5.41, 5.74) is 5.06. The van der Waals surface area contributed by atoms with E-state index in [2.05, 4.69) is 36.4 Å². The van der Waals surface area contributed by atoms with Crippen LogP contribution in [0.25, 0.3) is 11.3 Å². The van der Waals surface area contributed by atoms with Gasteiger partial charge in [0.25, 0.3) is 0 Å². The van der Waals surface area contributed by atoms with Crippen molar-refractivity contribution in [1.82, 2.24) is 9.29 Å². The Balaban J connectivity index is 0.00000280. The van der Waals surface area contributed by atoms with E-state index in [1.54, 1.807) is 27.8 Å². The number of thiazole rings is 1. The van der Waals surface area contributed by atoms with Crippen LogP contribution in [-0.4, -0.2) is 36.5 Å². The SMILES string of the molecule is Br.O=S(=O)(c1ccc(-c2csc(N3N=C(c4ccccc4)CC3c3ccccc3)n2)cc1)N1CCCC1. The topological polar surface area (TPSA) is 65.9 Å². The van der Waals surface area contributed by atoms with Crippen LogP contribution in [0, 0.1) is 0 Å². The fourth-order valence-corrected chi connectivity index (χ4v) is 7.15. The summed E-state index contributed by atoms with van der Waals surface area (Å²) in [5, 5.41) is 9.85. The second-order valence-corrected chi connectivity index (χ2v) is 11.8. The van der Waals surface area contributed by atoms with Crippen molar-refractivity contribution < 1.29 is 8.42 Å². The first-order valence-electron chi connectivity index (χ1n) is 12.1. The van der Waals surface area contributed by atoms with Gasteiger partial charge in [0.1, 0.15) is 0 Å². The molecule has 0 saturated carbocycles. The third kappa shape index (κ3) is 5.13. The van der Waals surface area contributed by atoms with Gasteiger partial charge in [-0.05, 0) is 36.1 Å². The lowest BCUT2D eigenvalue weighted by Gasteiger charge is -2.21. The van der Waals surface area contributed by atoms with E-state index in [0.29, 0.717) is 18.0 Å². The van der Waals surface area contributed by atoms with Crippen molar-refractivity contribution in [2.24, 2.45) is 5.10 Å². The first-order valence-corrected chi connectivity index (χ1v) is 14.4. The summed E-state index contributed by atoms with van der Waals surface area (Å²) >= 11 is 1.55. The van der Waals surface area contributed by atoms with Crippen LogP contribution in [0.5, 0.6) is 0 Å². The second-order valence-electron chi connectivity index (χ2n) is 9.04. The fourth-order valence-electron chi connectivity index (χ4n) is 4.80. The van der Waals surface area contributed by atoms with Gasteiger partial charge < -0.3 is 0 Å². The number of benzene rings is 3. The lowest BCUT2D eigenvalue weighted by atomic mass is 9.99. The maximum absolute atomic E-state index is 12.9. The molecule has 2 aliphatic heterocycles. The van der Waals surface area contributed by atoms with Crippen LogP contribution in [0.15, 0.2) is 100 Å². The summed E-state index contributed by atoms with van der Waals surface area (Å²) < 4.78 is 27.3. The zero-order chi connectivity index (χ0) is 24.5. The summed E-state index contributed by atoms with van der Waals surface area (Å²) in [6, 6.07) is 27.8. The molecule has 0 aliphatic carbocycles. The minimum atomic E-state index is -3.43. The third-order valence-corrected chi connectivity index (χ3v) is 9.49. The molecule has 0 amide bonds. The zero-order valence-corrected chi connectivity index (χ0v) is 23.4. The molecule has 2 aliphatic rings. The molecule has 4 aromatic rings. The molecule has 37 heavy (non-hydrogen) atoms. The van der Waals surface area contributed by atoms with Crippen LogP contribution in [0.3, 0.4) is 0 Å². The molecule has 1 unspecified atom stereocenters. The van der Waals surface area contributed by atoms with Crippen molar-refractivity contribution in [3.05, 3.63) is 101 Å². The van der Waals surface area contributed by atoms with Gasteiger partial charge in [0.2, 0.25) is 15.2 Å². The van der Waals surface area contributed by atoms with Crippen LogP contribution in [-0.2, 0) is 10.0 Å². The predicted molar refractivity (Wildman–Crippen MR) is 155 cm³/mol. The lowest BCUT2D eigenvalue weighted by Crippen LogP contribution is -2.27. The van der Waals surface area contributed by atoms with Gasteiger partial charge >= 0.3 is 0 Å². The van der Waals surface area contributed by atoms with Gasteiger partial charge in [-0.3, -0.25) is 0 Å². The Morgan fingerprint density at radius 1 is 0.811 bits per heavy atom. The number of rotatable bonds is 6. The third-order valence-electron chi connectivity index (χ3n) is 6.74. The van der Waals surface area contributed by atoms with Gasteiger partial charge in [0.15, 0.2) is 0 Å². The van der Waals surface area contributed by atoms with E-state index in [9.17, 15) is 8.42 Å². The monoisotopic (exact) mass is 594 g/mol. The molecule has 3 aromatic carbocycles. The Morgan fingerprint density at radius 2 is 1.46 bits per heavy atom. The Morgan fingerprint density at radius 3 is 2.14 bits per heavy atom. The van der Waals surface area contributed by atoms with Gasteiger partial charge in [-0.1, -0.05) is 72.8 Å². The van der Waals surface area contributed by atoms with E-state index >= 15 is 0 Å². The Labute approximate surface area is 232 Å². The highest BCUT2D eigenvalue weighted by molar-refractivity contribution is 8.93. The molecule has 3 heterocycles. The van der Waals surface area contributed by atoms with E-state index in [4.69, 9.17) is 10.1 Å². The Bertz CT molecular complexity index is 1480. The molecule has 9 heteroatoms. The van der Waals surface area contributed by atoms with E-state index in [-0.39, 0.29) is 23.0 Å². The van der Waals surface area contributed by atoms with Crippen molar-refractivity contribution in [2.75, 3.05) is 18.1 Å². The van der Waals surface area contributed by atoms with Gasteiger partial charge in [0.05, 0.1) is 22.3 Å². The van der Waals surface area contributed by atoms with Crippen LogP contribution >= 0.6 is 28.3 Å². The number of hydrogen-bond donors (Lipinski definition) is 0. The smallest absolute Gasteiger partial charge is 0.231 e. The Kier molecular flexibility index (Phi) is 7.57. The van der Waals surface area contributed by atoms with Gasteiger partial charge in [-0.15, -0.1) is 28.3 Å². The van der Waals surface area contributed by atoms with Gasteiger partial charge in [0, 0.05) is 30.5 Å². The number of hydrogen-bond acceptors (Lipinski definition) is 6. The van der Waals surface area contributed by atoms with Gasteiger partial charge in [-0.25, -0.2) is 18.4 Å². The molecule has 1 aromatic heterocycles. The molecule has 190 valence electrons. The minimum Gasteiger partial charge on any atom is -0.231 e. The number of sulfonamides is 1. The first kappa shape index (κ1) is 25.8. The molecule has 0 bridgehead atoms. The van der Waals surface area contributed by atoms with E-state index < -0.39 is 10.0 Å². The molecule has 1 saturated heterocycles. The molecular weight excluding hydrogens is 568 g/mol. The van der Waals surface area contributed by atoms with Crippen LogP contribution < -0.4 is 5.01 Å². The number of hydrazone groups is 1. The second kappa shape index (κ2) is 10.9.